The molecule has 0 saturated heterocycles. The molecule has 0 aliphatic rings. The Kier molecular flexibility index (Phi) is 10.9. The minimum Gasteiger partial charge on any atom is -0.101 e. The minimum atomic E-state index is 0.294. The maximum absolute atomic E-state index is 2.51. The van der Waals surface area contributed by atoms with Crippen molar-refractivity contribution in [3.05, 3.63) is 0 Å². The van der Waals surface area contributed by atoms with Crippen LogP contribution >= 0.6 is 7.92 Å². The maximum atomic E-state index is 2.51. The molecule has 0 amide bonds. The lowest BCUT2D eigenvalue weighted by Gasteiger charge is -2.30. The van der Waals surface area contributed by atoms with Gasteiger partial charge in [0.25, 0.3) is 0 Å². The van der Waals surface area contributed by atoms with Gasteiger partial charge < -0.3 is 0 Å². The Hall–Kier alpha value is 0.430. The highest BCUT2D eigenvalue weighted by atomic mass is 31.1. The van der Waals surface area contributed by atoms with Gasteiger partial charge in [0.15, 0.2) is 0 Å². The Labute approximate surface area is 105 Å². The van der Waals surface area contributed by atoms with E-state index >= 15 is 0 Å². The molecule has 0 aliphatic carbocycles. The molecule has 98 valence electrons. The average Bonchev–Trinajstić information content (AvgIpc) is 2.29. The molecule has 0 saturated carbocycles. The third-order valence-corrected chi connectivity index (χ3v) is 7.31. The SMILES string of the molecule is CCCCC(C)P(CCC)C(C)CCCC. The van der Waals surface area contributed by atoms with Crippen LogP contribution in [0, 0.1) is 0 Å². The van der Waals surface area contributed by atoms with Gasteiger partial charge in [-0.1, -0.05) is 66.7 Å². The van der Waals surface area contributed by atoms with Crippen LogP contribution in [0.15, 0.2) is 0 Å². The number of hydrogen-bond donors (Lipinski definition) is 0. The highest BCUT2D eigenvalue weighted by molar-refractivity contribution is 7.59. The van der Waals surface area contributed by atoms with Gasteiger partial charge in [-0.2, -0.15) is 0 Å². The lowest BCUT2D eigenvalue weighted by molar-refractivity contribution is 0.676. The summed E-state index contributed by atoms with van der Waals surface area (Å²) in [6.45, 7) is 12.0. The van der Waals surface area contributed by atoms with Crippen LogP contribution in [0.4, 0.5) is 0 Å². The normalized spacial score (nSPS) is 17.1. The number of hydrogen-bond acceptors (Lipinski definition) is 0. The smallest absolute Gasteiger partial charge is 0.0235 e. The van der Waals surface area contributed by atoms with E-state index < -0.39 is 0 Å². The molecule has 0 aliphatic heterocycles. The molecule has 0 radical (unpaired) electrons. The van der Waals surface area contributed by atoms with Crippen LogP contribution in [0.3, 0.4) is 0 Å². The van der Waals surface area contributed by atoms with Crippen LogP contribution in [-0.2, 0) is 0 Å². The summed E-state index contributed by atoms with van der Waals surface area (Å²) in [5.74, 6) is 0. The molecule has 16 heavy (non-hydrogen) atoms. The second-order valence-corrected chi connectivity index (χ2v) is 8.46. The van der Waals surface area contributed by atoms with Gasteiger partial charge in [0.05, 0.1) is 0 Å². The quantitative estimate of drug-likeness (QED) is 0.411. The first-order valence-corrected chi connectivity index (χ1v) is 9.09. The van der Waals surface area contributed by atoms with Crippen molar-refractivity contribution in [3.63, 3.8) is 0 Å². The molecule has 0 fully saturated rings. The van der Waals surface area contributed by atoms with E-state index in [1.807, 2.05) is 0 Å². The van der Waals surface area contributed by atoms with Crippen LogP contribution in [0.25, 0.3) is 0 Å². The van der Waals surface area contributed by atoms with Crippen LogP contribution in [0.5, 0.6) is 0 Å². The van der Waals surface area contributed by atoms with Crippen molar-refractivity contribution in [2.75, 3.05) is 6.16 Å². The van der Waals surface area contributed by atoms with Gasteiger partial charge in [0.1, 0.15) is 0 Å². The fraction of sp³-hybridized carbons (Fsp3) is 1.00. The molecule has 0 rings (SSSR count). The van der Waals surface area contributed by atoms with Crippen molar-refractivity contribution in [2.45, 2.75) is 90.9 Å². The maximum Gasteiger partial charge on any atom is -0.0235 e. The Balaban J connectivity index is 4.10. The lowest BCUT2D eigenvalue weighted by atomic mass is 10.2. The van der Waals surface area contributed by atoms with E-state index in [4.69, 9.17) is 0 Å². The second kappa shape index (κ2) is 10.6. The van der Waals surface area contributed by atoms with E-state index in [2.05, 4.69) is 34.6 Å². The second-order valence-electron chi connectivity index (χ2n) is 5.22. The molecule has 0 nitrogen and oxygen atoms in total. The van der Waals surface area contributed by atoms with E-state index in [1.54, 1.807) is 0 Å². The van der Waals surface area contributed by atoms with Crippen LogP contribution in [-0.4, -0.2) is 17.5 Å². The van der Waals surface area contributed by atoms with Gasteiger partial charge in [-0.15, -0.1) is 7.92 Å². The monoisotopic (exact) mass is 244 g/mol. The summed E-state index contributed by atoms with van der Waals surface area (Å²) in [6, 6.07) is 0. The molecular formula is C15H33P. The summed E-state index contributed by atoms with van der Waals surface area (Å²) in [4.78, 5) is 0. The largest absolute Gasteiger partial charge is 0.101 e. The van der Waals surface area contributed by atoms with Crippen molar-refractivity contribution in [2.24, 2.45) is 0 Å². The molecule has 2 unspecified atom stereocenters. The van der Waals surface area contributed by atoms with E-state index in [9.17, 15) is 0 Å². The molecule has 0 N–H and O–H groups in total. The summed E-state index contributed by atoms with van der Waals surface area (Å²) < 4.78 is 0. The van der Waals surface area contributed by atoms with E-state index in [-0.39, 0.29) is 0 Å². The average molecular weight is 244 g/mol. The standard InChI is InChI=1S/C15H33P/c1-6-9-11-14(4)16(13-8-3)15(5)12-10-7-2/h14-15H,6-13H2,1-5H3. The van der Waals surface area contributed by atoms with Gasteiger partial charge in [-0.05, 0) is 30.3 Å². The summed E-state index contributed by atoms with van der Waals surface area (Å²) in [7, 11) is 0.294. The zero-order valence-electron chi connectivity index (χ0n) is 12.3. The van der Waals surface area contributed by atoms with E-state index in [0.29, 0.717) is 7.92 Å². The molecule has 0 heterocycles. The predicted octanol–water partition coefficient (Wildman–Crippen LogP) is 6.04. The molecule has 0 aromatic carbocycles. The molecule has 0 spiro atoms. The van der Waals surface area contributed by atoms with E-state index in [0.717, 1.165) is 11.3 Å². The molecule has 2 atom stereocenters. The molecule has 0 bridgehead atoms. The number of rotatable bonds is 10. The Morgan fingerprint density at radius 1 is 0.750 bits per heavy atom. The van der Waals surface area contributed by atoms with Crippen LogP contribution in [0.1, 0.15) is 79.6 Å². The third-order valence-electron chi connectivity index (χ3n) is 3.57. The highest BCUT2D eigenvalue weighted by Gasteiger charge is 2.21. The topological polar surface area (TPSA) is 0 Å². The highest BCUT2D eigenvalue weighted by Crippen LogP contribution is 2.50. The van der Waals surface area contributed by atoms with Crippen molar-refractivity contribution in [1.29, 1.82) is 0 Å². The number of unbranched alkanes of at least 4 members (excludes halogenated alkanes) is 2. The van der Waals surface area contributed by atoms with Crippen molar-refractivity contribution in [1.82, 2.24) is 0 Å². The summed E-state index contributed by atoms with van der Waals surface area (Å²) in [5.41, 5.74) is 2.00. The van der Waals surface area contributed by atoms with Gasteiger partial charge in [-0.3, -0.25) is 0 Å². The first-order chi connectivity index (χ1) is 7.67. The van der Waals surface area contributed by atoms with Crippen LogP contribution in [0.2, 0.25) is 0 Å². The molecule has 1 heteroatoms. The lowest BCUT2D eigenvalue weighted by Crippen LogP contribution is -2.12. The summed E-state index contributed by atoms with van der Waals surface area (Å²) in [6.07, 6.45) is 11.4. The summed E-state index contributed by atoms with van der Waals surface area (Å²) in [5, 5.41) is 0. The van der Waals surface area contributed by atoms with Crippen molar-refractivity contribution < 1.29 is 0 Å². The summed E-state index contributed by atoms with van der Waals surface area (Å²) >= 11 is 0. The van der Waals surface area contributed by atoms with Gasteiger partial charge in [0, 0.05) is 0 Å². The zero-order valence-corrected chi connectivity index (χ0v) is 13.2. The Morgan fingerprint density at radius 3 is 1.50 bits per heavy atom. The van der Waals surface area contributed by atoms with Crippen molar-refractivity contribution in [3.8, 4) is 0 Å². The van der Waals surface area contributed by atoms with Gasteiger partial charge in [-0.25, -0.2) is 0 Å². The first kappa shape index (κ1) is 16.4. The predicted molar refractivity (Wildman–Crippen MR) is 80.1 cm³/mol. The fourth-order valence-corrected chi connectivity index (χ4v) is 5.76. The molecule has 0 aromatic heterocycles. The minimum absolute atomic E-state index is 0.294. The van der Waals surface area contributed by atoms with E-state index in [1.165, 1.54) is 51.1 Å². The Bertz CT molecular complexity index is 130. The van der Waals surface area contributed by atoms with Gasteiger partial charge in [0.2, 0.25) is 0 Å². The molecule has 0 aromatic rings. The Morgan fingerprint density at radius 2 is 1.19 bits per heavy atom. The fourth-order valence-electron chi connectivity index (χ4n) is 2.46. The third kappa shape index (κ3) is 6.89. The first-order valence-electron chi connectivity index (χ1n) is 7.43. The van der Waals surface area contributed by atoms with Gasteiger partial charge >= 0.3 is 0 Å². The van der Waals surface area contributed by atoms with Crippen molar-refractivity contribution >= 4 is 7.92 Å². The molecular weight excluding hydrogens is 211 g/mol. The zero-order chi connectivity index (χ0) is 12.4. The van der Waals surface area contributed by atoms with Crippen LogP contribution < -0.4 is 0 Å².